The van der Waals surface area contributed by atoms with Crippen LogP contribution in [0.2, 0.25) is 0 Å². The van der Waals surface area contributed by atoms with E-state index in [0.29, 0.717) is 12.3 Å². The summed E-state index contributed by atoms with van der Waals surface area (Å²) in [6.07, 6.45) is 0. The Kier molecular flexibility index (Phi) is 8.16. The Bertz CT molecular complexity index is 420. The monoisotopic (exact) mass is 320 g/mol. The fourth-order valence-electron chi connectivity index (χ4n) is 1.32. The number of halogens is 2. The van der Waals surface area contributed by atoms with Crippen LogP contribution in [0.5, 0.6) is 0 Å². The first kappa shape index (κ1) is 19.2. The molecule has 0 spiro atoms. The SMILES string of the molecule is CC(CSc1ccc(F)cc1)C(=O)NCC(C)(C)N.Cl. The summed E-state index contributed by atoms with van der Waals surface area (Å²) in [6, 6.07) is 6.27. The van der Waals surface area contributed by atoms with Crippen LogP contribution in [0.3, 0.4) is 0 Å². The largest absolute Gasteiger partial charge is 0.354 e. The maximum absolute atomic E-state index is 12.7. The number of carbonyl (C=O) groups is 1. The topological polar surface area (TPSA) is 55.1 Å². The van der Waals surface area contributed by atoms with Crippen molar-refractivity contribution in [1.82, 2.24) is 5.32 Å². The van der Waals surface area contributed by atoms with Gasteiger partial charge in [0.25, 0.3) is 0 Å². The predicted octanol–water partition coefficient (Wildman–Crippen LogP) is 2.83. The van der Waals surface area contributed by atoms with Gasteiger partial charge in [-0.1, -0.05) is 6.92 Å². The van der Waals surface area contributed by atoms with E-state index in [9.17, 15) is 9.18 Å². The quantitative estimate of drug-likeness (QED) is 0.792. The second-order valence-electron chi connectivity index (χ2n) is 5.37. The fraction of sp³-hybridized carbons (Fsp3) is 0.500. The lowest BCUT2D eigenvalue weighted by atomic mass is 10.1. The number of hydrogen-bond donors (Lipinski definition) is 2. The van der Waals surface area contributed by atoms with Gasteiger partial charge in [0, 0.05) is 28.6 Å². The first-order chi connectivity index (χ1) is 8.78. The Hall–Kier alpha value is -0.780. The zero-order valence-electron chi connectivity index (χ0n) is 12.0. The van der Waals surface area contributed by atoms with E-state index in [0.717, 1.165) is 4.90 Å². The smallest absolute Gasteiger partial charge is 0.223 e. The lowest BCUT2D eigenvalue weighted by Crippen LogP contribution is -2.46. The standard InChI is InChI=1S/C14H21FN2OS.ClH/c1-10(13(18)17-9-14(2,3)16)8-19-12-6-4-11(15)5-7-12;/h4-7,10H,8-9,16H2,1-3H3,(H,17,18);1H. The normalized spacial score (nSPS) is 12.4. The second-order valence-corrected chi connectivity index (χ2v) is 6.47. The number of thioether (sulfide) groups is 1. The Morgan fingerprint density at radius 3 is 2.45 bits per heavy atom. The minimum absolute atomic E-state index is 0. The molecular weight excluding hydrogens is 299 g/mol. The summed E-state index contributed by atoms with van der Waals surface area (Å²) in [4.78, 5) is 12.8. The molecule has 3 nitrogen and oxygen atoms in total. The molecule has 6 heteroatoms. The third-order valence-electron chi connectivity index (χ3n) is 2.48. The van der Waals surface area contributed by atoms with Gasteiger partial charge in [0.05, 0.1) is 0 Å². The van der Waals surface area contributed by atoms with Crippen molar-refractivity contribution in [3.05, 3.63) is 30.1 Å². The molecule has 0 radical (unpaired) electrons. The molecule has 0 saturated carbocycles. The number of amides is 1. The summed E-state index contributed by atoms with van der Waals surface area (Å²) >= 11 is 1.54. The van der Waals surface area contributed by atoms with Crippen LogP contribution < -0.4 is 11.1 Å². The number of benzene rings is 1. The van der Waals surface area contributed by atoms with Gasteiger partial charge in [0.2, 0.25) is 5.91 Å². The summed E-state index contributed by atoms with van der Waals surface area (Å²) in [7, 11) is 0. The predicted molar refractivity (Wildman–Crippen MR) is 84.8 cm³/mol. The van der Waals surface area contributed by atoms with Gasteiger partial charge in [0.1, 0.15) is 5.82 Å². The van der Waals surface area contributed by atoms with Gasteiger partial charge in [0.15, 0.2) is 0 Å². The second kappa shape index (κ2) is 8.49. The summed E-state index contributed by atoms with van der Waals surface area (Å²) < 4.78 is 12.7. The van der Waals surface area contributed by atoms with Crippen LogP contribution in [-0.4, -0.2) is 23.7 Å². The van der Waals surface area contributed by atoms with Crippen molar-refractivity contribution in [1.29, 1.82) is 0 Å². The molecule has 0 bridgehead atoms. The van der Waals surface area contributed by atoms with Crippen LogP contribution in [0.4, 0.5) is 4.39 Å². The molecule has 0 heterocycles. The van der Waals surface area contributed by atoms with Crippen LogP contribution >= 0.6 is 24.2 Å². The summed E-state index contributed by atoms with van der Waals surface area (Å²) in [5, 5.41) is 2.83. The van der Waals surface area contributed by atoms with Crippen molar-refractivity contribution in [2.24, 2.45) is 11.7 Å². The molecule has 1 aromatic rings. The zero-order chi connectivity index (χ0) is 14.5. The highest BCUT2D eigenvalue weighted by Crippen LogP contribution is 2.20. The van der Waals surface area contributed by atoms with Crippen LogP contribution in [0.1, 0.15) is 20.8 Å². The van der Waals surface area contributed by atoms with Crippen LogP contribution in [0.25, 0.3) is 0 Å². The molecule has 1 unspecified atom stereocenters. The molecule has 1 rings (SSSR count). The Balaban J connectivity index is 0.00000361. The van der Waals surface area contributed by atoms with Gasteiger partial charge in [-0.05, 0) is 38.1 Å². The van der Waals surface area contributed by atoms with Gasteiger partial charge in [-0.2, -0.15) is 0 Å². The molecule has 114 valence electrons. The van der Waals surface area contributed by atoms with E-state index in [1.54, 1.807) is 23.9 Å². The zero-order valence-corrected chi connectivity index (χ0v) is 13.6. The van der Waals surface area contributed by atoms with Gasteiger partial charge in [-0.15, -0.1) is 24.2 Å². The van der Waals surface area contributed by atoms with E-state index in [2.05, 4.69) is 5.32 Å². The Morgan fingerprint density at radius 1 is 1.40 bits per heavy atom. The third-order valence-corrected chi connectivity index (χ3v) is 3.75. The van der Waals surface area contributed by atoms with Crippen LogP contribution in [0.15, 0.2) is 29.2 Å². The Morgan fingerprint density at radius 2 is 1.95 bits per heavy atom. The first-order valence-electron chi connectivity index (χ1n) is 6.23. The van der Waals surface area contributed by atoms with Crippen molar-refractivity contribution in [3.63, 3.8) is 0 Å². The molecule has 1 atom stereocenters. The van der Waals surface area contributed by atoms with E-state index in [-0.39, 0.29) is 30.0 Å². The van der Waals surface area contributed by atoms with E-state index >= 15 is 0 Å². The number of hydrogen-bond acceptors (Lipinski definition) is 3. The van der Waals surface area contributed by atoms with Crippen molar-refractivity contribution in [2.75, 3.05) is 12.3 Å². The first-order valence-corrected chi connectivity index (χ1v) is 7.21. The van der Waals surface area contributed by atoms with E-state index in [1.165, 1.54) is 12.1 Å². The van der Waals surface area contributed by atoms with E-state index in [4.69, 9.17) is 5.73 Å². The maximum Gasteiger partial charge on any atom is 0.223 e. The highest BCUT2D eigenvalue weighted by atomic mass is 35.5. The van der Waals surface area contributed by atoms with Gasteiger partial charge < -0.3 is 11.1 Å². The van der Waals surface area contributed by atoms with Crippen molar-refractivity contribution in [2.45, 2.75) is 31.2 Å². The lowest BCUT2D eigenvalue weighted by Gasteiger charge is -2.20. The minimum Gasteiger partial charge on any atom is -0.354 e. The molecule has 0 aromatic heterocycles. The van der Waals surface area contributed by atoms with Crippen molar-refractivity contribution >= 4 is 30.1 Å². The maximum atomic E-state index is 12.7. The van der Waals surface area contributed by atoms with Crippen LogP contribution in [-0.2, 0) is 4.79 Å². The van der Waals surface area contributed by atoms with Gasteiger partial charge >= 0.3 is 0 Å². The lowest BCUT2D eigenvalue weighted by molar-refractivity contribution is -0.124. The summed E-state index contributed by atoms with van der Waals surface area (Å²) in [5.74, 6) is 0.286. The molecule has 20 heavy (non-hydrogen) atoms. The number of nitrogens with one attached hydrogen (secondary N) is 1. The molecule has 0 aliphatic heterocycles. The Labute approximate surface area is 130 Å². The van der Waals surface area contributed by atoms with Gasteiger partial charge in [-0.25, -0.2) is 4.39 Å². The highest BCUT2D eigenvalue weighted by Gasteiger charge is 2.17. The minimum atomic E-state index is -0.403. The molecule has 1 aromatic carbocycles. The van der Waals surface area contributed by atoms with Crippen LogP contribution in [0, 0.1) is 11.7 Å². The van der Waals surface area contributed by atoms with Crippen molar-refractivity contribution in [3.8, 4) is 0 Å². The number of nitrogens with two attached hydrogens (primary N) is 1. The highest BCUT2D eigenvalue weighted by molar-refractivity contribution is 7.99. The molecule has 0 aliphatic carbocycles. The van der Waals surface area contributed by atoms with E-state index in [1.807, 2.05) is 20.8 Å². The molecule has 1 amide bonds. The van der Waals surface area contributed by atoms with Crippen molar-refractivity contribution < 1.29 is 9.18 Å². The average Bonchev–Trinajstić information content (AvgIpc) is 2.34. The van der Waals surface area contributed by atoms with Gasteiger partial charge in [-0.3, -0.25) is 4.79 Å². The molecule has 0 fully saturated rings. The summed E-state index contributed by atoms with van der Waals surface area (Å²) in [5.41, 5.74) is 5.40. The van der Waals surface area contributed by atoms with E-state index < -0.39 is 5.54 Å². The number of carbonyl (C=O) groups excluding carboxylic acids is 1. The average molecular weight is 321 g/mol. The molecule has 0 aliphatic rings. The number of rotatable bonds is 6. The molecule has 0 saturated heterocycles. The molecular formula is C14H22ClFN2OS. The summed E-state index contributed by atoms with van der Waals surface area (Å²) in [6.45, 7) is 6.06. The third kappa shape index (κ3) is 7.72. The fourth-order valence-corrected chi connectivity index (χ4v) is 2.24. The molecule has 3 N–H and O–H groups in total.